The number of hydrogen-bond donors (Lipinski definition) is 3. The van der Waals surface area contributed by atoms with E-state index in [0.717, 1.165) is 23.2 Å². The van der Waals surface area contributed by atoms with Gasteiger partial charge in [0.2, 0.25) is 10.0 Å². The number of carbonyl (C=O) groups is 1. The smallest absolute Gasteiger partial charge is 0.258 e. The number of allylic oxidation sites excluding steroid dienone is 1. The fourth-order valence-corrected chi connectivity index (χ4v) is 3.29. The van der Waals surface area contributed by atoms with Gasteiger partial charge in [0.1, 0.15) is 0 Å². The van der Waals surface area contributed by atoms with Crippen molar-refractivity contribution in [2.45, 2.75) is 6.92 Å². The number of rotatable bonds is 4. The quantitative estimate of drug-likeness (QED) is 0.565. The van der Waals surface area contributed by atoms with E-state index in [-0.39, 0.29) is 5.91 Å². The second kappa shape index (κ2) is 6.38. The molecule has 0 fully saturated rings. The Morgan fingerprint density at radius 3 is 2.42 bits per heavy atom. The maximum Gasteiger partial charge on any atom is 0.258 e. The van der Waals surface area contributed by atoms with Gasteiger partial charge < -0.3 is 16.4 Å². The third kappa shape index (κ3) is 3.36. The number of amides is 1. The van der Waals surface area contributed by atoms with Crippen molar-refractivity contribution in [3.05, 3.63) is 53.7 Å². The zero-order valence-electron chi connectivity index (χ0n) is 14.7. The van der Waals surface area contributed by atoms with E-state index in [0.29, 0.717) is 22.6 Å². The third-order valence-electron chi connectivity index (χ3n) is 4.22. The molecule has 0 atom stereocenters. The van der Waals surface area contributed by atoms with Crippen molar-refractivity contribution < 1.29 is 13.2 Å². The van der Waals surface area contributed by atoms with E-state index in [1.165, 1.54) is 11.4 Å². The summed E-state index contributed by atoms with van der Waals surface area (Å²) in [5.41, 5.74) is 10.4. The molecule has 1 heterocycles. The second-order valence-electron chi connectivity index (χ2n) is 6.16. The zero-order chi connectivity index (χ0) is 19.1. The Morgan fingerprint density at radius 2 is 1.81 bits per heavy atom. The minimum Gasteiger partial charge on any atom is -0.399 e. The van der Waals surface area contributed by atoms with E-state index in [1.807, 2.05) is 6.92 Å². The number of sulfonamides is 1. The van der Waals surface area contributed by atoms with Gasteiger partial charge in [-0.05, 0) is 49.4 Å². The lowest BCUT2D eigenvalue weighted by atomic mass is 10.0. The molecule has 0 bridgehead atoms. The standard InChI is InChI=1S/C18H20N4O3S/c1-11(17-15-10-12(19)4-9-16(15)21-18(17)23)20-13-5-7-14(8-6-13)22(2)26(3,24)25/h4-10,20H,19H2,1-3H3,(H,21,23). The summed E-state index contributed by atoms with van der Waals surface area (Å²) in [6, 6.07) is 12.2. The van der Waals surface area contributed by atoms with E-state index in [4.69, 9.17) is 5.73 Å². The third-order valence-corrected chi connectivity index (χ3v) is 5.43. The van der Waals surface area contributed by atoms with Gasteiger partial charge in [-0.1, -0.05) is 0 Å². The van der Waals surface area contributed by atoms with Crippen LogP contribution in [0.25, 0.3) is 5.57 Å². The summed E-state index contributed by atoms with van der Waals surface area (Å²) in [5.74, 6) is -0.191. The van der Waals surface area contributed by atoms with Gasteiger partial charge in [-0.2, -0.15) is 0 Å². The van der Waals surface area contributed by atoms with Gasteiger partial charge in [0.15, 0.2) is 0 Å². The molecule has 1 aliphatic heterocycles. The molecule has 1 amide bonds. The van der Waals surface area contributed by atoms with E-state index >= 15 is 0 Å². The van der Waals surface area contributed by atoms with Gasteiger partial charge in [0.25, 0.3) is 5.91 Å². The van der Waals surface area contributed by atoms with Gasteiger partial charge in [0, 0.05) is 35.4 Å². The van der Waals surface area contributed by atoms with Crippen molar-refractivity contribution in [1.82, 2.24) is 0 Å². The summed E-state index contributed by atoms with van der Waals surface area (Å²) in [6.45, 7) is 1.81. The van der Waals surface area contributed by atoms with Gasteiger partial charge >= 0.3 is 0 Å². The van der Waals surface area contributed by atoms with Crippen LogP contribution in [0.2, 0.25) is 0 Å². The van der Waals surface area contributed by atoms with Gasteiger partial charge in [-0.3, -0.25) is 9.10 Å². The molecular formula is C18H20N4O3S. The van der Waals surface area contributed by atoms with E-state index in [1.54, 1.807) is 42.5 Å². The lowest BCUT2D eigenvalue weighted by Crippen LogP contribution is -2.24. The first kappa shape index (κ1) is 17.8. The summed E-state index contributed by atoms with van der Waals surface area (Å²) in [5, 5.41) is 6.01. The molecule has 8 heteroatoms. The largest absolute Gasteiger partial charge is 0.399 e. The van der Waals surface area contributed by atoms with Crippen LogP contribution < -0.4 is 20.7 Å². The average molecular weight is 372 g/mol. The average Bonchev–Trinajstić information content (AvgIpc) is 2.89. The number of benzene rings is 2. The molecule has 3 rings (SSSR count). The van der Waals surface area contributed by atoms with Gasteiger partial charge in [0.05, 0.1) is 17.5 Å². The van der Waals surface area contributed by atoms with Crippen LogP contribution >= 0.6 is 0 Å². The topological polar surface area (TPSA) is 105 Å². The van der Waals surface area contributed by atoms with Gasteiger partial charge in [-0.25, -0.2) is 8.42 Å². The predicted molar refractivity (Wildman–Crippen MR) is 105 cm³/mol. The van der Waals surface area contributed by atoms with Crippen LogP contribution in [0.1, 0.15) is 12.5 Å². The normalized spacial score (nSPS) is 15.3. The summed E-state index contributed by atoms with van der Waals surface area (Å²) >= 11 is 0. The molecule has 0 radical (unpaired) electrons. The molecule has 4 N–H and O–H groups in total. The molecule has 2 aromatic rings. The molecule has 0 spiro atoms. The minimum atomic E-state index is -3.31. The van der Waals surface area contributed by atoms with Crippen LogP contribution in [0.5, 0.6) is 0 Å². The van der Waals surface area contributed by atoms with Crippen LogP contribution in [-0.4, -0.2) is 27.6 Å². The summed E-state index contributed by atoms with van der Waals surface area (Å²) in [6.07, 6.45) is 1.15. The Bertz CT molecular complexity index is 1010. The Balaban J connectivity index is 1.89. The van der Waals surface area contributed by atoms with Crippen LogP contribution in [0, 0.1) is 0 Å². The lowest BCUT2D eigenvalue weighted by Gasteiger charge is -2.17. The predicted octanol–water partition coefficient (Wildman–Crippen LogP) is 2.46. The van der Waals surface area contributed by atoms with Crippen molar-refractivity contribution in [2.24, 2.45) is 0 Å². The number of carbonyl (C=O) groups excluding carboxylic acids is 1. The van der Waals surface area contributed by atoms with Gasteiger partial charge in [-0.15, -0.1) is 0 Å². The van der Waals surface area contributed by atoms with Crippen molar-refractivity contribution in [1.29, 1.82) is 0 Å². The van der Waals surface area contributed by atoms with Crippen molar-refractivity contribution in [2.75, 3.05) is 34.0 Å². The van der Waals surface area contributed by atoms with Crippen molar-refractivity contribution in [3.63, 3.8) is 0 Å². The number of fused-ring (bicyclic) bond motifs is 1. The molecule has 0 saturated heterocycles. The molecule has 0 saturated carbocycles. The zero-order valence-corrected chi connectivity index (χ0v) is 15.5. The molecule has 2 aromatic carbocycles. The minimum absolute atomic E-state index is 0.191. The first-order valence-electron chi connectivity index (χ1n) is 7.90. The molecule has 26 heavy (non-hydrogen) atoms. The van der Waals surface area contributed by atoms with Crippen molar-refractivity contribution in [3.8, 4) is 0 Å². The number of nitrogens with two attached hydrogens (primary N) is 1. The van der Waals surface area contributed by atoms with E-state index in [2.05, 4.69) is 10.6 Å². The Kier molecular flexibility index (Phi) is 4.37. The van der Waals surface area contributed by atoms with Crippen molar-refractivity contribution >= 4 is 44.3 Å². The monoisotopic (exact) mass is 372 g/mol. The van der Waals surface area contributed by atoms with Crippen LogP contribution in [0.3, 0.4) is 0 Å². The van der Waals surface area contributed by atoms with E-state index in [9.17, 15) is 13.2 Å². The number of nitrogen functional groups attached to an aromatic ring is 1. The number of hydrogen-bond acceptors (Lipinski definition) is 5. The molecular weight excluding hydrogens is 352 g/mol. The molecule has 0 aromatic heterocycles. The first-order valence-corrected chi connectivity index (χ1v) is 9.75. The summed E-state index contributed by atoms with van der Waals surface area (Å²) in [4.78, 5) is 12.3. The van der Waals surface area contributed by atoms with Crippen LogP contribution in [-0.2, 0) is 14.8 Å². The first-order chi connectivity index (χ1) is 12.2. The number of nitrogens with zero attached hydrogens (tertiary/aromatic N) is 1. The lowest BCUT2D eigenvalue weighted by molar-refractivity contribution is -0.110. The highest BCUT2D eigenvalue weighted by Gasteiger charge is 2.26. The molecule has 1 aliphatic rings. The fraction of sp³-hybridized carbons (Fsp3) is 0.167. The highest BCUT2D eigenvalue weighted by Crippen LogP contribution is 2.35. The fourth-order valence-electron chi connectivity index (χ4n) is 2.78. The Hall–Kier alpha value is -3.00. The summed E-state index contributed by atoms with van der Waals surface area (Å²) in [7, 11) is -1.82. The van der Waals surface area contributed by atoms with E-state index < -0.39 is 10.0 Å². The molecule has 136 valence electrons. The van der Waals surface area contributed by atoms with Crippen LogP contribution in [0.15, 0.2) is 48.2 Å². The molecule has 0 unspecified atom stereocenters. The number of anilines is 4. The Morgan fingerprint density at radius 1 is 1.15 bits per heavy atom. The maximum atomic E-state index is 12.3. The maximum absolute atomic E-state index is 12.3. The number of nitrogens with one attached hydrogen (secondary N) is 2. The highest BCUT2D eigenvalue weighted by molar-refractivity contribution is 7.92. The van der Waals surface area contributed by atoms with Crippen LogP contribution in [0.4, 0.5) is 22.7 Å². The molecule has 7 nitrogen and oxygen atoms in total. The molecule has 0 aliphatic carbocycles. The SMILES string of the molecule is CC(Nc1ccc(N(C)S(C)(=O)=O)cc1)=C1C(=O)Nc2ccc(N)cc21. The highest BCUT2D eigenvalue weighted by atomic mass is 32.2. The summed E-state index contributed by atoms with van der Waals surface area (Å²) < 4.78 is 24.4. The Labute approximate surface area is 152 Å². The second-order valence-corrected chi connectivity index (χ2v) is 8.18.